The molecule has 2 fully saturated rings. The molecule has 0 unspecified atom stereocenters. The molecule has 0 aromatic heterocycles. The molecular formula is C20H20ClF2NO4S2. The van der Waals surface area contributed by atoms with Gasteiger partial charge >= 0.3 is 0 Å². The molecule has 162 valence electrons. The minimum atomic E-state index is -4.15. The van der Waals surface area contributed by atoms with Crippen LogP contribution in [-0.4, -0.2) is 28.6 Å². The molecule has 1 N–H and O–H groups in total. The molecule has 10 heteroatoms. The van der Waals surface area contributed by atoms with Crippen molar-refractivity contribution in [3.8, 4) is 0 Å². The molecule has 0 spiro atoms. The van der Waals surface area contributed by atoms with E-state index >= 15 is 0 Å². The summed E-state index contributed by atoms with van der Waals surface area (Å²) < 4.78 is 81.4. The van der Waals surface area contributed by atoms with E-state index in [9.17, 15) is 25.6 Å². The third-order valence-electron chi connectivity index (χ3n) is 6.17. The Labute approximate surface area is 179 Å². The normalized spacial score (nSPS) is 28.6. The van der Waals surface area contributed by atoms with E-state index in [4.69, 9.17) is 11.6 Å². The maximum absolute atomic E-state index is 14.9. The van der Waals surface area contributed by atoms with Gasteiger partial charge in [0.05, 0.1) is 10.6 Å². The van der Waals surface area contributed by atoms with Gasteiger partial charge < -0.3 is 0 Å². The van der Waals surface area contributed by atoms with Crippen LogP contribution in [0, 0.1) is 17.6 Å². The maximum atomic E-state index is 14.9. The van der Waals surface area contributed by atoms with Gasteiger partial charge in [-0.25, -0.2) is 30.3 Å². The standard InChI is InChI=1S/C20H20ClF2NO4S2/c21-14-1-4-16(5-2-14)30(27,28)20(17-11-15(22)3-6-18(17)23)9-7-19-13(12-20)8-10-29(25,26)24-19/h1-6,11,13,19,24H,7-10,12H2/t13-,19+,20-/m1/s1. The number of nitrogens with one attached hydrogen (secondary N) is 1. The second-order valence-corrected chi connectivity index (χ2v) is 12.5. The molecule has 1 aliphatic heterocycles. The Kier molecular flexibility index (Phi) is 5.45. The predicted octanol–water partition coefficient (Wildman–Crippen LogP) is 3.78. The summed E-state index contributed by atoms with van der Waals surface area (Å²) in [5.41, 5.74) is -0.218. The fraction of sp³-hybridized carbons (Fsp3) is 0.400. The molecule has 1 saturated heterocycles. The summed E-state index contributed by atoms with van der Waals surface area (Å²) in [6.45, 7) is 0. The lowest BCUT2D eigenvalue weighted by Gasteiger charge is -2.46. The van der Waals surface area contributed by atoms with Crippen molar-refractivity contribution in [3.63, 3.8) is 0 Å². The van der Waals surface area contributed by atoms with Crippen LogP contribution in [-0.2, 0) is 24.6 Å². The Bertz CT molecular complexity index is 1190. The lowest BCUT2D eigenvalue weighted by atomic mass is 9.73. The first kappa shape index (κ1) is 21.7. The first-order chi connectivity index (χ1) is 14.0. The largest absolute Gasteiger partial charge is 0.223 e. The molecular weight excluding hydrogens is 456 g/mol. The molecule has 1 saturated carbocycles. The second kappa shape index (κ2) is 7.55. The lowest BCUT2D eigenvalue weighted by Crippen LogP contribution is -2.54. The summed E-state index contributed by atoms with van der Waals surface area (Å²) in [7, 11) is -7.57. The van der Waals surface area contributed by atoms with E-state index in [1.54, 1.807) is 0 Å². The maximum Gasteiger partial charge on any atom is 0.211 e. The van der Waals surface area contributed by atoms with Gasteiger partial charge in [-0.1, -0.05) is 11.6 Å². The van der Waals surface area contributed by atoms with Gasteiger partial charge in [0.1, 0.15) is 16.4 Å². The van der Waals surface area contributed by atoms with Crippen molar-refractivity contribution in [3.05, 3.63) is 64.7 Å². The van der Waals surface area contributed by atoms with E-state index < -0.39 is 42.3 Å². The van der Waals surface area contributed by atoms with E-state index in [0.29, 0.717) is 5.02 Å². The summed E-state index contributed by atoms with van der Waals surface area (Å²) in [5.74, 6) is -1.98. The number of rotatable bonds is 3. The molecule has 3 atom stereocenters. The Morgan fingerprint density at radius 3 is 2.47 bits per heavy atom. The van der Waals surface area contributed by atoms with Gasteiger partial charge in [-0.3, -0.25) is 0 Å². The number of sulfonamides is 1. The average Bonchev–Trinajstić information content (AvgIpc) is 2.69. The van der Waals surface area contributed by atoms with Gasteiger partial charge in [0.15, 0.2) is 9.84 Å². The third kappa shape index (κ3) is 3.66. The first-order valence-corrected chi connectivity index (χ1v) is 13.0. The second-order valence-electron chi connectivity index (χ2n) is 7.91. The molecule has 0 bridgehead atoms. The highest BCUT2D eigenvalue weighted by Gasteiger charge is 2.54. The highest BCUT2D eigenvalue weighted by molar-refractivity contribution is 7.92. The van der Waals surface area contributed by atoms with Crippen molar-refractivity contribution in [1.82, 2.24) is 4.72 Å². The zero-order valence-corrected chi connectivity index (χ0v) is 18.2. The fourth-order valence-corrected chi connectivity index (χ4v) is 8.51. The van der Waals surface area contributed by atoms with Gasteiger partial charge in [0.2, 0.25) is 10.0 Å². The molecule has 2 aromatic rings. The van der Waals surface area contributed by atoms with Crippen LogP contribution in [0.25, 0.3) is 0 Å². The molecule has 1 aliphatic carbocycles. The predicted molar refractivity (Wildman–Crippen MR) is 109 cm³/mol. The van der Waals surface area contributed by atoms with Crippen LogP contribution in [0.4, 0.5) is 8.78 Å². The molecule has 1 heterocycles. The molecule has 4 rings (SSSR count). The number of fused-ring (bicyclic) bond motifs is 1. The summed E-state index contributed by atoms with van der Waals surface area (Å²) in [5, 5.41) is 0.352. The van der Waals surface area contributed by atoms with Gasteiger partial charge in [0.25, 0.3) is 0 Å². The van der Waals surface area contributed by atoms with Gasteiger partial charge in [-0.2, -0.15) is 0 Å². The average molecular weight is 476 g/mol. The molecule has 5 nitrogen and oxygen atoms in total. The topological polar surface area (TPSA) is 80.3 Å². The number of hydrogen-bond acceptors (Lipinski definition) is 4. The van der Waals surface area contributed by atoms with Crippen LogP contribution in [0.1, 0.15) is 31.2 Å². The molecule has 2 aromatic carbocycles. The van der Waals surface area contributed by atoms with Crippen LogP contribution >= 0.6 is 11.6 Å². The zero-order valence-electron chi connectivity index (χ0n) is 15.8. The van der Waals surface area contributed by atoms with Gasteiger partial charge in [-0.05, 0) is 74.1 Å². The van der Waals surface area contributed by atoms with Crippen molar-refractivity contribution in [1.29, 1.82) is 0 Å². The van der Waals surface area contributed by atoms with E-state index in [1.807, 2.05) is 0 Å². The highest BCUT2D eigenvalue weighted by Crippen LogP contribution is 2.51. The number of halogens is 3. The number of sulfone groups is 1. The van der Waals surface area contributed by atoms with Crippen molar-refractivity contribution >= 4 is 31.5 Å². The molecule has 0 radical (unpaired) electrons. The third-order valence-corrected chi connectivity index (χ3v) is 10.4. The van der Waals surface area contributed by atoms with Crippen molar-refractivity contribution < 1.29 is 25.6 Å². The highest BCUT2D eigenvalue weighted by atomic mass is 35.5. The monoisotopic (exact) mass is 475 g/mol. The van der Waals surface area contributed by atoms with Crippen molar-refractivity contribution in [2.45, 2.75) is 41.4 Å². The Balaban J connectivity index is 1.87. The first-order valence-electron chi connectivity index (χ1n) is 9.50. The molecule has 0 amide bonds. The Morgan fingerprint density at radius 2 is 1.77 bits per heavy atom. The van der Waals surface area contributed by atoms with Crippen LogP contribution < -0.4 is 4.72 Å². The smallest absolute Gasteiger partial charge is 0.211 e. The fourth-order valence-electron chi connectivity index (χ4n) is 4.67. The Hall–Kier alpha value is -1.55. The van der Waals surface area contributed by atoms with E-state index in [1.165, 1.54) is 24.3 Å². The van der Waals surface area contributed by atoms with Crippen LogP contribution in [0.15, 0.2) is 47.4 Å². The molecule has 30 heavy (non-hydrogen) atoms. The number of hydrogen-bond donors (Lipinski definition) is 1. The minimum Gasteiger partial charge on any atom is -0.223 e. The van der Waals surface area contributed by atoms with Crippen molar-refractivity contribution in [2.75, 3.05) is 5.75 Å². The van der Waals surface area contributed by atoms with E-state index in [2.05, 4.69) is 4.72 Å². The van der Waals surface area contributed by atoms with Crippen LogP contribution in [0.3, 0.4) is 0 Å². The summed E-state index contributed by atoms with van der Waals surface area (Å²) in [6, 6.07) is 7.97. The SMILES string of the molecule is O=S1(=O)CC[C@@H]2C[C@](c3cc(F)ccc3F)(S(=O)(=O)c3ccc(Cl)cc3)CC[C@@H]2N1. The zero-order chi connectivity index (χ0) is 21.7. The van der Waals surface area contributed by atoms with Gasteiger partial charge in [0, 0.05) is 16.6 Å². The molecule has 2 aliphatic rings. The summed E-state index contributed by atoms with van der Waals surface area (Å²) in [6.07, 6.45) is 0.412. The quantitative estimate of drug-likeness (QED) is 0.732. The van der Waals surface area contributed by atoms with E-state index in [0.717, 1.165) is 18.2 Å². The van der Waals surface area contributed by atoms with E-state index in [-0.39, 0.29) is 47.8 Å². The summed E-state index contributed by atoms with van der Waals surface area (Å²) in [4.78, 5) is -0.0367. The minimum absolute atomic E-state index is 0.00841. The lowest BCUT2D eigenvalue weighted by molar-refractivity contribution is 0.218. The van der Waals surface area contributed by atoms with Gasteiger partial charge in [-0.15, -0.1) is 0 Å². The van der Waals surface area contributed by atoms with Crippen LogP contribution in [0.5, 0.6) is 0 Å². The van der Waals surface area contributed by atoms with Crippen LogP contribution in [0.2, 0.25) is 5.02 Å². The number of benzene rings is 2. The Morgan fingerprint density at radius 1 is 1.07 bits per heavy atom. The summed E-state index contributed by atoms with van der Waals surface area (Å²) >= 11 is 5.89. The van der Waals surface area contributed by atoms with Crippen molar-refractivity contribution in [2.24, 2.45) is 5.92 Å².